The average molecular weight is 200 g/mol. The first-order valence-corrected chi connectivity index (χ1v) is 5.83. The van der Waals surface area contributed by atoms with Gasteiger partial charge in [0.1, 0.15) is 0 Å². The summed E-state index contributed by atoms with van der Waals surface area (Å²) in [6.45, 7) is 7.07. The molecule has 1 aromatic carbocycles. The Morgan fingerprint density at radius 1 is 1.13 bits per heavy atom. The Hall–Kier alpha value is -1.04. The monoisotopic (exact) mass is 200 g/mol. The smallest absolute Gasteiger partial charge is 0.0224 e. The second-order valence-electron chi connectivity index (χ2n) is 5.58. The van der Waals surface area contributed by atoms with Crippen molar-refractivity contribution in [2.24, 2.45) is 11.3 Å². The molecule has 0 saturated carbocycles. The summed E-state index contributed by atoms with van der Waals surface area (Å²) >= 11 is 0. The summed E-state index contributed by atoms with van der Waals surface area (Å²) < 4.78 is 0. The normalized spacial score (nSPS) is 24.7. The van der Waals surface area contributed by atoms with E-state index in [0.717, 1.165) is 0 Å². The molecule has 1 atom stereocenters. The van der Waals surface area contributed by atoms with Crippen LogP contribution in [0.4, 0.5) is 0 Å². The standard InChI is InChI=1S/C15H20/c1-12-9-14(11-15(2,3)10-12)13-7-5-4-6-8-13/h4-9,12H,10-11H2,1-3H3. The van der Waals surface area contributed by atoms with Gasteiger partial charge in [-0.05, 0) is 35.3 Å². The molecule has 0 radical (unpaired) electrons. The van der Waals surface area contributed by atoms with Gasteiger partial charge in [0, 0.05) is 0 Å². The van der Waals surface area contributed by atoms with E-state index in [4.69, 9.17) is 0 Å². The quantitative estimate of drug-likeness (QED) is 0.625. The van der Waals surface area contributed by atoms with E-state index < -0.39 is 0 Å². The first-order chi connectivity index (χ1) is 7.07. The molecule has 1 aromatic rings. The highest BCUT2D eigenvalue weighted by molar-refractivity contribution is 5.67. The molecule has 0 nitrogen and oxygen atoms in total. The molecule has 0 aliphatic heterocycles. The summed E-state index contributed by atoms with van der Waals surface area (Å²) in [5, 5.41) is 0. The molecule has 1 aliphatic carbocycles. The number of hydrogen-bond acceptors (Lipinski definition) is 0. The van der Waals surface area contributed by atoms with E-state index in [0.29, 0.717) is 11.3 Å². The fourth-order valence-electron chi connectivity index (χ4n) is 2.77. The van der Waals surface area contributed by atoms with Crippen molar-refractivity contribution in [1.29, 1.82) is 0 Å². The summed E-state index contributed by atoms with van der Waals surface area (Å²) in [6.07, 6.45) is 4.96. The van der Waals surface area contributed by atoms with Gasteiger partial charge in [0.15, 0.2) is 0 Å². The lowest BCUT2D eigenvalue weighted by Crippen LogP contribution is -2.19. The van der Waals surface area contributed by atoms with Crippen molar-refractivity contribution >= 4 is 5.57 Å². The van der Waals surface area contributed by atoms with Crippen LogP contribution in [0.2, 0.25) is 0 Å². The van der Waals surface area contributed by atoms with Crippen molar-refractivity contribution in [3.05, 3.63) is 42.0 Å². The van der Waals surface area contributed by atoms with E-state index in [9.17, 15) is 0 Å². The molecule has 80 valence electrons. The predicted octanol–water partition coefficient (Wildman–Crippen LogP) is 4.53. The third-order valence-corrected chi connectivity index (χ3v) is 3.17. The summed E-state index contributed by atoms with van der Waals surface area (Å²) in [5.41, 5.74) is 3.38. The molecular formula is C15H20. The molecule has 0 aromatic heterocycles. The van der Waals surface area contributed by atoms with Crippen LogP contribution in [0.3, 0.4) is 0 Å². The Bertz CT molecular complexity index is 357. The molecular weight excluding hydrogens is 180 g/mol. The van der Waals surface area contributed by atoms with Gasteiger partial charge in [0.2, 0.25) is 0 Å². The summed E-state index contributed by atoms with van der Waals surface area (Å²) in [7, 11) is 0. The maximum Gasteiger partial charge on any atom is -0.0224 e. The zero-order valence-corrected chi connectivity index (χ0v) is 9.96. The molecule has 0 bridgehead atoms. The number of rotatable bonds is 1. The Morgan fingerprint density at radius 3 is 2.40 bits per heavy atom. The van der Waals surface area contributed by atoms with Crippen LogP contribution in [0.5, 0.6) is 0 Å². The Morgan fingerprint density at radius 2 is 1.80 bits per heavy atom. The zero-order chi connectivity index (χ0) is 10.9. The Labute approximate surface area is 93.0 Å². The predicted molar refractivity (Wildman–Crippen MR) is 66.6 cm³/mol. The SMILES string of the molecule is CC1C=C(c2ccccc2)CC(C)(C)C1. The zero-order valence-electron chi connectivity index (χ0n) is 9.96. The fraction of sp³-hybridized carbons (Fsp3) is 0.467. The van der Waals surface area contributed by atoms with Gasteiger partial charge in [-0.15, -0.1) is 0 Å². The second kappa shape index (κ2) is 3.84. The maximum absolute atomic E-state index is 2.45. The fourth-order valence-corrected chi connectivity index (χ4v) is 2.77. The van der Waals surface area contributed by atoms with Crippen molar-refractivity contribution in [3.8, 4) is 0 Å². The lowest BCUT2D eigenvalue weighted by atomic mass is 9.72. The van der Waals surface area contributed by atoms with E-state index >= 15 is 0 Å². The molecule has 0 heterocycles. The largest absolute Gasteiger partial charge is 0.0778 e. The maximum atomic E-state index is 2.45. The molecule has 1 aliphatic rings. The van der Waals surface area contributed by atoms with Gasteiger partial charge >= 0.3 is 0 Å². The summed E-state index contributed by atoms with van der Waals surface area (Å²) in [4.78, 5) is 0. The van der Waals surface area contributed by atoms with Crippen LogP contribution >= 0.6 is 0 Å². The lowest BCUT2D eigenvalue weighted by Gasteiger charge is -2.33. The molecule has 1 unspecified atom stereocenters. The van der Waals surface area contributed by atoms with Gasteiger partial charge in [-0.3, -0.25) is 0 Å². The highest BCUT2D eigenvalue weighted by Gasteiger charge is 2.26. The third-order valence-electron chi connectivity index (χ3n) is 3.17. The Balaban J connectivity index is 2.30. The third kappa shape index (κ3) is 2.50. The van der Waals surface area contributed by atoms with Gasteiger partial charge in [0.25, 0.3) is 0 Å². The minimum atomic E-state index is 0.458. The summed E-state index contributed by atoms with van der Waals surface area (Å²) in [5.74, 6) is 0.712. The van der Waals surface area contributed by atoms with Gasteiger partial charge in [0.05, 0.1) is 0 Å². The minimum Gasteiger partial charge on any atom is -0.0778 e. The molecule has 0 heteroatoms. The van der Waals surface area contributed by atoms with E-state index in [-0.39, 0.29) is 0 Å². The molecule has 0 amide bonds. The van der Waals surface area contributed by atoms with Crippen molar-refractivity contribution in [3.63, 3.8) is 0 Å². The molecule has 0 fully saturated rings. The van der Waals surface area contributed by atoms with Crippen LogP contribution in [0, 0.1) is 11.3 Å². The number of hydrogen-bond donors (Lipinski definition) is 0. The van der Waals surface area contributed by atoms with Gasteiger partial charge in [-0.2, -0.15) is 0 Å². The second-order valence-corrected chi connectivity index (χ2v) is 5.58. The van der Waals surface area contributed by atoms with Crippen molar-refractivity contribution in [1.82, 2.24) is 0 Å². The van der Waals surface area contributed by atoms with Crippen LogP contribution < -0.4 is 0 Å². The molecule has 0 spiro atoms. The number of allylic oxidation sites excluding steroid dienone is 2. The van der Waals surface area contributed by atoms with Gasteiger partial charge in [-0.25, -0.2) is 0 Å². The van der Waals surface area contributed by atoms with E-state index in [1.807, 2.05) is 0 Å². The van der Waals surface area contributed by atoms with E-state index in [1.54, 1.807) is 0 Å². The van der Waals surface area contributed by atoms with Crippen molar-refractivity contribution < 1.29 is 0 Å². The van der Waals surface area contributed by atoms with E-state index in [1.165, 1.54) is 24.0 Å². The van der Waals surface area contributed by atoms with Crippen molar-refractivity contribution in [2.45, 2.75) is 33.6 Å². The van der Waals surface area contributed by atoms with Crippen LogP contribution in [0.15, 0.2) is 36.4 Å². The van der Waals surface area contributed by atoms with Gasteiger partial charge < -0.3 is 0 Å². The van der Waals surface area contributed by atoms with Gasteiger partial charge in [-0.1, -0.05) is 57.2 Å². The molecule has 15 heavy (non-hydrogen) atoms. The van der Waals surface area contributed by atoms with Crippen LogP contribution in [-0.4, -0.2) is 0 Å². The molecule has 2 rings (SSSR count). The summed E-state index contributed by atoms with van der Waals surface area (Å²) in [6, 6.07) is 10.8. The first-order valence-electron chi connectivity index (χ1n) is 5.83. The average Bonchev–Trinajstić information content (AvgIpc) is 2.16. The van der Waals surface area contributed by atoms with E-state index in [2.05, 4.69) is 57.2 Å². The van der Waals surface area contributed by atoms with Crippen LogP contribution in [0.1, 0.15) is 39.2 Å². The number of benzene rings is 1. The minimum absolute atomic E-state index is 0.458. The van der Waals surface area contributed by atoms with Crippen LogP contribution in [-0.2, 0) is 0 Å². The molecule has 0 N–H and O–H groups in total. The Kier molecular flexibility index (Phi) is 2.68. The highest BCUT2D eigenvalue weighted by Crippen LogP contribution is 2.41. The van der Waals surface area contributed by atoms with Crippen LogP contribution in [0.25, 0.3) is 5.57 Å². The first kappa shape index (κ1) is 10.5. The van der Waals surface area contributed by atoms with Crippen molar-refractivity contribution in [2.75, 3.05) is 0 Å². The highest BCUT2D eigenvalue weighted by atomic mass is 14.3. The molecule has 0 saturated heterocycles. The topological polar surface area (TPSA) is 0 Å². The lowest BCUT2D eigenvalue weighted by molar-refractivity contribution is 0.296.